The van der Waals surface area contributed by atoms with Crippen molar-refractivity contribution in [2.24, 2.45) is 42.9 Å². The van der Waals surface area contributed by atoms with Gasteiger partial charge in [0, 0.05) is 107 Å². The lowest BCUT2D eigenvalue weighted by Crippen LogP contribution is -2.51. The van der Waals surface area contributed by atoms with Gasteiger partial charge in [0.05, 0.1) is 22.4 Å². The molecule has 0 amide bonds. The number of carboxylic acid groups (broad SMARTS) is 1. The van der Waals surface area contributed by atoms with E-state index < -0.39 is 28.6 Å². The summed E-state index contributed by atoms with van der Waals surface area (Å²) in [5.74, 6) is -1.52. The number of nitrogens with zero attached hydrogens (tertiary/aromatic N) is 10. The number of aromatic carboxylic acids is 1. The average molecular weight is 943 g/mol. The highest BCUT2D eigenvalue weighted by atomic mass is 19.1. The Morgan fingerprint density at radius 1 is 0.588 bits per heavy atom. The van der Waals surface area contributed by atoms with Gasteiger partial charge in [-0.05, 0) is 57.9 Å². The van der Waals surface area contributed by atoms with Gasteiger partial charge in [0.1, 0.15) is 17.2 Å². The lowest BCUT2D eigenvalue weighted by molar-refractivity contribution is 0.0694. The van der Waals surface area contributed by atoms with Gasteiger partial charge in [-0.15, -0.1) is 0 Å². The Morgan fingerprint density at radius 2 is 0.971 bits per heavy atom. The molecule has 0 radical (unpaired) electrons. The van der Waals surface area contributed by atoms with Crippen LogP contribution >= 0.6 is 0 Å². The number of guanidine groups is 4. The van der Waals surface area contributed by atoms with E-state index in [0.717, 1.165) is 50.1 Å². The zero-order valence-electron chi connectivity index (χ0n) is 39.7. The molecule has 0 bridgehead atoms. The Morgan fingerprint density at radius 3 is 1.37 bits per heavy atom. The molecule has 368 valence electrons. The number of aromatic nitrogens is 2. The van der Waals surface area contributed by atoms with Crippen LogP contribution in [0.25, 0.3) is 21.8 Å². The van der Waals surface area contributed by atoms with Crippen molar-refractivity contribution in [3.63, 3.8) is 0 Å². The van der Waals surface area contributed by atoms with Gasteiger partial charge in [-0.25, -0.2) is 13.6 Å². The first-order valence-corrected chi connectivity index (χ1v) is 23.9. The molecule has 0 aliphatic carbocycles. The molecule has 2 fully saturated rings. The molecule has 20 heteroatoms. The predicted octanol–water partition coefficient (Wildman–Crippen LogP) is 4.75. The van der Waals surface area contributed by atoms with Crippen LogP contribution in [0.4, 0.5) is 20.2 Å². The molecule has 4 heterocycles. The normalized spacial score (nSPS) is 15.6. The smallest absolute Gasteiger partial charge is 0.341 e. The Hall–Kier alpha value is -6.73. The molecule has 0 spiro atoms. The second-order valence-electron chi connectivity index (χ2n) is 17.4. The minimum absolute atomic E-state index is 0.0321. The highest BCUT2D eigenvalue weighted by molar-refractivity contribution is 5.95. The van der Waals surface area contributed by atoms with Gasteiger partial charge in [-0.3, -0.25) is 19.6 Å². The van der Waals surface area contributed by atoms with Crippen LogP contribution in [-0.4, -0.2) is 119 Å². The number of fused-ring (bicyclic) bond motifs is 2. The Labute approximate surface area is 395 Å². The van der Waals surface area contributed by atoms with Crippen molar-refractivity contribution in [2.75, 3.05) is 75.2 Å². The number of benzene rings is 2. The van der Waals surface area contributed by atoms with E-state index in [4.69, 9.17) is 22.9 Å². The average Bonchev–Trinajstić information content (AvgIpc) is 3.32. The van der Waals surface area contributed by atoms with E-state index in [0.29, 0.717) is 112 Å². The quantitative estimate of drug-likeness (QED) is 0.0516. The fourth-order valence-electron chi connectivity index (χ4n) is 8.93. The molecular formula is C48H68F2N14O4. The summed E-state index contributed by atoms with van der Waals surface area (Å²) in [7, 11) is 0. The standard InChI is InChI=1S/C48H68F2N14O4/c1-4-59-30-32(3)42(65)33-26-36(49)40(28-38(33)59)61-18-22-63(23-19-61)47(53)57-45(51)55-16-14-12-10-8-6-7-9-11-13-15-17-56-46(52)58-48(54)64-24-20-62(21-25-64)41-29-39-34(27-37(41)50)43(66)35(44(67)68)31-60(39)5-2/h26-31H,4-25H2,1-3H3,(H,67,68)(H4,51,53,55,57)(H4,52,54,56,58). The molecule has 18 nitrogen and oxygen atoms in total. The SMILES string of the molecule is CCn1cc(C)c(=O)c2cc(F)c(N3CCN(C(N)=NC(N)=NCCCCCCCCCCCCN=C(N)N=C(N)N4CCN(c5cc6c(cc5F)c(=O)c(C(=O)O)cn6CC)CC4)CC3)cc21. The number of halogens is 2. The number of aryl methyl sites for hydroxylation is 3. The van der Waals surface area contributed by atoms with E-state index in [2.05, 4.69) is 20.0 Å². The van der Waals surface area contributed by atoms with E-state index >= 15 is 8.78 Å². The second kappa shape index (κ2) is 23.8. The molecule has 0 saturated carbocycles. The lowest BCUT2D eigenvalue weighted by Gasteiger charge is -2.36. The molecule has 0 atom stereocenters. The predicted molar refractivity (Wildman–Crippen MR) is 269 cm³/mol. The van der Waals surface area contributed by atoms with E-state index in [1.807, 2.05) is 44.2 Å². The van der Waals surface area contributed by atoms with Crippen LogP contribution in [0.15, 0.2) is 66.2 Å². The fourth-order valence-corrected chi connectivity index (χ4v) is 8.93. The van der Waals surface area contributed by atoms with E-state index in [-0.39, 0.29) is 28.7 Å². The highest BCUT2D eigenvalue weighted by Crippen LogP contribution is 2.28. The minimum atomic E-state index is -1.35. The summed E-state index contributed by atoms with van der Waals surface area (Å²) in [4.78, 5) is 62.0. The van der Waals surface area contributed by atoms with Crippen molar-refractivity contribution in [3.05, 3.63) is 79.9 Å². The van der Waals surface area contributed by atoms with Gasteiger partial charge in [0.2, 0.25) is 17.3 Å². The van der Waals surface area contributed by atoms with Crippen LogP contribution in [0.1, 0.15) is 94.0 Å². The topological polar surface area (TPSA) is 248 Å². The summed E-state index contributed by atoms with van der Waals surface area (Å²) in [6.07, 6.45) is 14.0. The molecule has 2 aliphatic rings. The van der Waals surface area contributed by atoms with E-state index in [1.54, 1.807) is 23.6 Å². The number of aliphatic imine (C=N–C) groups is 4. The molecule has 2 saturated heterocycles. The van der Waals surface area contributed by atoms with Gasteiger partial charge in [-0.1, -0.05) is 51.4 Å². The molecule has 0 unspecified atom stereocenters. The molecule has 2 aliphatic heterocycles. The van der Waals surface area contributed by atoms with Crippen LogP contribution < -0.4 is 43.6 Å². The zero-order valence-corrected chi connectivity index (χ0v) is 39.7. The lowest BCUT2D eigenvalue weighted by atomic mass is 10.1. The number of carboxylic acids is 1. The Kier molecular flexibility index (Phi) is 17.8. The van der Waals surface area contributed by atoms with Crippen molar-refractivity contribution in [3.8, 4) is 0 Å². The maximum atomic E-state index is 15.3. The number of hydrogen-bond acceptors (Lipinski definition) is 7. The van der Waals surface area contributed by atoms with Crippen molar-refractivity contribution in [1.82, 2.24) is 18.9 Å². The minimum Gasteiger partial charge on any atom is -0.477 e. The second-order valence-corrected chi connectivity index (χ2v) is 17.4. The number of nitrogens with two attached hydrogens (primary N) is 4. The molecule has 2 aromatic heterocycles. The number of unbranched alkanes of at least 4 members (excludes halogenated alkanes) is 9. The van der Waals surface area contributed by atoms with Crippen LogP contribution in [0.3, 0.4) is 0 Å². The molecular weight excluding hydrogens is 875 g/mol. The van der Waals surface area contributed by atoms with Crippen molar-refractivity contribution < 1.29 is 18.7 Å². The van der Waals surface area contributed by atoms with Gasteiger partial charge in [0.15, 0.2) is 17.3 Å². The van der Waals surface area contributed by atoms with Crippen LogP contribution in [0.2, 0.25) is 0 Å². The number of carbonyl (C=O) groups is 1. The summed E-state index contributed by atoms with van der Waals surface area (Å²) in [6, 6.07) is 5.87. The van der Waals surface area contributed by atoms with Gasteiger partial charge in [-0.2, -0.15) is 9.98 Å². The molecule has 6 rings (SSSR count). The van der Waals surface area contributed by atoms with Crippen LogP contribution in [0, 0.1) is 18.6 Å². The van der Waals surface area contributed by atoms with Crippen LogP contribution in [0.5, 0.6) is 0 Å². The third-order valence-electron chi connectivity index (χ3n) is 12.8. The Balaban J connectivity index is 0.801. The molecule has 2 aromatic carbocycles. The third-order valence-corrected chi connectivity index (χ3v) is 12.8. The highest BCUT2D eigenvalue weighted by Gasteiger charge is 2.25. The van der Waals surface area contributed by atoms with Gasteiger partial charge in [0.25, 0.3) is 0 Å². The van der Waals surface area contributed by atoms with Crippen molar-refractivity contribution >= 4 is 63.0 Å². The van der Waals surface area contributed by atoms with Gasteiger partial charge >= 0.3 is 5.97 Å². The first-order valence-electron chi connectivity index (χ1n) is 23.9. The summed E-state index contributed by atoms with van der Waals surface area (Å²) in [5.41, 5.74) is 26.1. The first-order chi connectivity index (χ1) is 32.7. The van der Waals surface area contributed by atoms with Gasteiger partial charge < -0.3 is 56.8 Å². The summed E-state index contributed by atoms with van der Waals surface area (Å²) in [5, 5.41) is 9.86. The number of rotatable bonds is 18. The summed E-state index contributed by atoms with van der Waals surface area (Å²) < 4.78 is 34.2. The molecule has 4 aromatic rings. The fraction of sp³-hybridized carbons (Fsp3) is 0.521. The van der Waals surface area contributed by atoms with Crippen molar-refractivity contribution in [2.45, 2.75) is 98.1 Å². The molecule has 68 heavy (non-hydrogen) atoms. The molecule has 9 N–H and O–H groups in total. The first kappa shape index (κ1) is 50.7. The number of anilines is 2. The maximum absolute atomic E-state index is 15.3. The summed E-state index contributed by atoms with van der Waals surface area (Å²) in [6.45, 7) is 11.8. The maximum Gasteiger partial charge on any atom is 0.341 e. The zero-order chi connectivity index (χ0) is 48.9. The largest absolute Gasteiger partial charge is 0.477 e. The van der Waals surface area contributed by atoms with E-state index in [9.17, 15) is 19.5 Å². The third kappa shape index (κ3) is 12.6. The Bertz CT molecular complexity index is 2660. The number of hydrogen-bond donors (Lipinski definition) is 5. The summed E-state index contributed by atoms with van der Waals surface area (Å²) >= 11 is 0. The monoisotopic (exact) mass is 943 g/mol. The number of piperazine rings is 2. The van der Waals surface area contributed by atoms with Crippen molar-refractivity contribution in [1.29, 1.82) is 0 Å². The van der Waals surface area contributed by atoms with Crippen LogP contribution in [-0.2, 0) is 13.1 Å². The number of pyridine rings is 2. The van der Waals surface area contributed by atoms with E-state index in [1.165, 1.54) is 37.9 Å².